The number of ether oxygens (including phenoxy) is 1. The molecule has 4 nitrogen and oxygen atoms in total. The number of amides is 1. The van der Waals surface area contributed by atoms with Gasteiger partial charge in [0.25, 0.3) is 5.91 Å². The Morgan fingerprint density at radius 3 is 2.95 bits per heavy atom. The molecule has 1 amide bonds. The number of rotatable bonds is 3. The SMILES string of the molecule is CO[C@@H]1CCC[C@@H](NC(=O)c2cccc(F)c2)[C@H]1O. The number of nitrogens with one attached hydrogen (secondary N) is 1. The number of aliphatic hydroxyl groups is 1. The van der Waals surface area contributed by atoms with E-state index in [-0.39, 0.29) is 23.6 Å². The van der Waals surface area contributed by atoms with Gasteiger partial charge in [-0.1, -0.05) is 6.07 Å². The molecule has 0 spiro atoms. The van der Waals surface area contributed by atoms with Gasteiger partial charge in [-0.15, -0.1) is 0 Å². The van der Waals surface area contributed by atoms with Crippen LogP contribution < -0.4 is 5.32 Å². The summed E-state index contributed by atoms with van der Waals surface area (Å²) in [6.07, 6.45) is 1.37. The fraction of sp³-hybridized carbons (Fsp3) is 0.500. The number of benzene rings is 1. The Morgan fingerprint density at radius 1 is 1.47 bits per heavy atom. The smallest absolute Gasteiger partial charge is 0.251 e. The van der Waals surface area contributed by atoms with Gasteiger partial charge in [0.2, 0.25) is 0 Å². The highest BCUT2D eigenvalue weighted by Crippen LogP contribution is 2.21. The molecule has 0 unspecified atom stereocenters. The normalized spacial score (nSPS) is 27.0. The molecule has 2 N–H and O–H groups in total. The molecule has 0 aromatic heterocycles. The van der Waals surface area contributed by atoms with E-state index in [1.165, 1.54) is 18.2 Å². The third-order valence-electron chi connectivity index (χ3n) is 3.50. The Kier molecular flexibility index (Phi) is 4.50. The predicted molar refractivity (Wildman–Crippen MR) is 68.3 cm³/mol. The van der Waals surface area contributed by atoms with Gasteiger partial charge in [0.1, 0.15) is 11.9 Å². The van der Waals surface area contributed by atoms with Crippen LogP contribution in [-0.4, -0.2) is 36.4 Å². The molecule has 19 heavy (non-hydrogen) atoms. The van der Waals surface area contributed by atoms with Crippen LogP contribution in [-0.2, 0) is 4.74 Å². The van der Waals surface area contributed by atoms with Crippen LogP contribution in [0.3, 0.4) is 0 Å². The maximum atomic E-state index is 13.1. The fourth-order valence-electron chi connectivity index (χ4n) is 2.44. The lowest BCUT2D eigenvalue weighted by molar-refractivity contribution is -0.0513. The van der Waals surface area contributed by atoms with Crippen LogP contribution in [0.15, 0.2) is 24.3 Å². The summed E-state index contributed by atoms with van der Waals surface area (Å²) in [5, 5.41) is 12.8. The standard InChI is InChI=1S/C14H18FNO3/c1-19-12-7-3-6-11(13(12)17)16-14(18)9-4-2-5-10(15)8-9/h2,4-5,8,11-13,17H,3,6-7H2,1H3,(H,16,18)/t11-,12-,13-/m1/s1. The molecule has 1 fully saturated rings. The monoisotopic (exact) mass is 267 g/mol. The van der Waals surface area contributed by atoms with Gasteiger partial charge in [-0.3, -0.25) is 4.79 Å². The van der Waals surface area contributed by atoms with Crippen molar-refractivity contribution in [3.8, 4) is 0 Å². The van der Waals surface area contributed by atoms with Crippen molar-refractivity contribution in [3.05, 3.63) is 35.6 Å². The summed E-state index contributed by atoms with van der Waals surface area (Å²) >= 11 is 0. The average molecular weight is 267 g/mol. The van der Waals surface area contributed by atoms with Crippen LogP contribution >= 0.6 is 0 Å². The van der Waals surface area contributed by atoms with Crippen LogP contribution in [0.4, 0.5) is 4.39 Å². The van der Waals surface area contributed by atoms with E-state index in [1.807, 2.05) is 0 Å². The first-order valence-electron chi connectivity index (χ1n) is 6.39. The molecule has 5 heteroatoms. The summed E-state index contributed by atoms with van der Waals surface area (Å²) in [7, 11) is 1.55. The molecule has 1 aliphatic rings. The zero-order valence-electron chi connectivity index (χ0n) is 10.8. The van der Waals surface area contributed by atoms with Crippen molar-refractivity contribution in [1.82, 2.24) is 5.32 Å². The van der Waals surface area contributed by atoms with Crippen molar-refractivity contribution >= 4 is 5.91 Å². The van der Waals surface area contributed by atoms with E-state index >= 15 is 0 Å². The second-order valence-electron chi connectivity index (χ2n) is 4.79. The molecular formula is C14H18FNO3. The fourth-order valence-corrected chi connectivity index (χ4v) is 2.44. The van der Waals surface area contributed by atoms with Gasteiger partial charge in [-0.05, 0) is 37.5 Å². The van der Waals surface area contributed by atoms with E-state index in [0.29, 0.717) is 6.42 Å². The Hall–Kier alpha value is -1.46. The Labute approximate surface area is 111 Å². The Balaban J connectivity index is 2.02. The lowest BCUT2D eigenvalue weighted by Gasteiger charge is -2.34. The van der Waals surface area contributed by atoms with E-state index in [9.17, 15) is 14.3 Å². The van der Waals surface area contributed by atoms with Gasteiger partial charge in [0, 0.05) is 12.7 Å². The van der Waals surface area contributed by atoms with E-state index < -0.39 is 11.9 Å². The molecule has 1 aliphatic carbocycles. The number of carbonyl (C=O) groups is 1. The van der Waals surface area contributed by atoms with Crippen molar-refractivity contribution < 1.29 is 19.0 Å². The molecular weight excluding hydrogens is 249 g/mol. The lowest BCUT2D eigenvalue weighted by atomic mass is 9.89. The van der Waals surface area contributed by atoms with E-state index in [2.05, 4.69) is 5.32 Å². The first kappa shape index (κ1) is 14.0. The third-order valence-corrected chi connectivity index (χ3v) is 3.50. The van der Waals surface area contributed by atoms with E-state index in [1.54, 1.807) is 13.2 Å². The zero-order valence-corrected chi connectivity index (χ0v) is 10.8. The average Bonchev–Trinajstić information content (AvgIpc) is 2.41. The highest BCUT2D eigenvalue weighted by molar-refractivity contribution is 5.94. The number of carbonyl (C=O) groups excluding carboxylic acids is 1. The number of hydrogen-bond donors (Lipinski definition) is 2. The van der Waals surface area contributed by atoms with Gasteiger partial charge < -0.3 is 15.2 Å². The first-order chi connectivity index (χ1) is 9.11. The van der Waals surface area contributed by atoms with Crippen molar-refractivity contribution in [2.45, 2.75) is 37.5 Å². The predicted octanol–water partition coefficient (Wildman–Crippen LogP) is 1.48. The number of halogens is 1. The number of hydrogen-bond acceptors (Lipinski definition) is 3. The highest BCUT2D eigenvalue weighted by atomic mass is 19.1. The second kappa shape index (κ2) is 6.12. The summed E-state index contributed by atoms with van der Waals surface area (Å²) in [5.41, 5.74) is 0.256. The number of aliphatic hydroxyl groups excluding tert-OH is 1. The van der Waals surface area contributed by atoms with Gasteiger partial charge in [-0.2, -0.15) is 0 Å². The molecule has 1 aromatic rings. The maximum absolute atomic E-state index is 13.1. The molecule has 0 heterocycles. The highest BCUT2D eigenvalue weighted by Gasteiger charge is 2.32. The van der Waals surface area contributed by atoms with Crippen LogP contribution in [0, 0.1) is 5.82 Å². The zero-order chi connectivity index (χ0) is 13.8. The van der Waals surface area contributed by atoms with E-state index in [4.69, 9.17) is 4.74 Å². The molecule has 0 radical (unpaired) electrons. The number of methoxy groups -OCH3 is 1. The van der Waals surface area contributed by atoms with Crippen molar-refractivity contribution in [2.24, 2.45) is 0 Å². The largest absolute Gasteiger partial charge is 0.388 e. The minimum Gasteiger partial charge on any atom is -0.388 e. The van der Waals surface area contributed by atoms with Crippen LogP contribution in [0.5, 0.6) is 0 Å². The van der Waals surface area contributed by atoms with Crippen LogP contribution in [0.1, 0.15) is 29.6 Å². The van der Waals surface area contributed by atoms with Crippen molar-refractivity contribution in [2.75, 3.05) is 7.11 Å². The third kappa shape index (κ3) is 3.30. The summed E-state index contributed by atoms with van der Waals surface area (Å²) in [6, 6.07) is 5.14. The lowest BCUT2D eigenvalue weighted by Crippen LogP contribution is -2.51. The first-order valence-corrected chi connectivity index (χ1v) is 6.39. The molecule has 1 aromatic carbocycles. The van der Waals surface area contributed by atoms with Gasteiger partial charge >= 0.3 is 0 Å². The Morgan fingerprint density at radius 2 is 2.26 bits per heavy atom. The molecule has 0 bridgehead atoms. The van der Waals surface area contributed by atoms with Gasteiger partial charge in [-0.25, -0.2) is 4.39 Å². The molecule has 3 atom stereocenters. The minimum atomic E-state index is -0.726. The summed E-state index contributed by atoms with van der Waals surface area (Å²) in [5.74, 6) is -0.827. The summed E-state index contributed by atoms with van der Waals surface area (Å²) in [4.78, 5) is 12.0. The van der Waals surface area contributed by atoms with Crippen LogP contribution in [0.25, 0.3) is 0 Å². The van der Waals surface area contributed by atoms with Crippen molar-refractivity contribution in [1.29, 1.82) is 0 Å². The quantitative estimate of drug-likeness (QED) is 0.872. The van der Waals surface area contributed by atoms with Crippen LogP contribution in [0.2, 0.25) is 0 Å². The summed E-state index contributed by atoms with van der Waals surface area (Å²) < 4.78 is 18.2. The second-order valence-corrected chi connectivity index (χ2v) is 4.79. The molecule has 2 rings (SSSR count). The van der Waals surface area contributed by atoms with Crippen molar-refractivity contribution in [3.63, 3.8) is 0 Å². The van der Waals surface area contributed by atoms with Gasteiger partial charge in [0.05, 0.1) is 12.1 Å². The molecule has 0 saturated heterocycles. The maximum Gasteiger partial charge on any atom is 0.251 e. The Bertz CT molecular complexity index is 452. The molecule has 0 aliphatic heterocycles. The molecule has 104 valence electrons. The topological polar surface area (TPSA) is 58.6 Å². The summed E-state index contributed by atoms with van der Waals surface area (Å²) in [6.45, 7) is 0. The van der Waals surface area contributed by atoms with Gasteiger partial charge in [0.15, 0.2) is 0 Å². The minimum absolute atomic E-state index is 0.256. The molecule has 1 saturated carbocycles. The van der Waals surface area contributed by atoms with E-state index in [0.717, 1.165) is 12.8 Å².